The first kappa shape index (κ1) is 17.3. The van der Waals surface area contributed by atoms with Crippen molar-refractivity contribution in [1.29, 1.82) is 0 Å². The maximum absolute atomic E-state index is 12.3. The van der Waals surface area contributed by atoms with Crippen LogP contribution in [-0.2, 0) is 20.7 Å². The molecule has 1 atom stereocenters. The number of hydrogen-bond acceptors (Lipinski definition) is 5. The van der Waals surface area contributed by atoms with Crippen LogP contribution in [0.2, 0.25) is 0 Å². The van der Waals surface area contributed by atoms with E-state index in [-0.39, 0.29) is 5.91 Å². The first-order valence-corrected chi connectivity index (χ1v) is 8.37. The molecule has 0 saturated carbocycles. The second kappa shape index (κ2) is 6.38. The SMILES string of the molecule is CC(C)(CN1CCc2cc(C(=O)N[C@H]3CCOC3=O)ccc21)C(=O)O. The number of carboxylic acids is 1. The van der Waals surface area contributed by atoms with Crippen molar-refractivity contribution in [3.63, 3.8) is 0 Å². The lowest BCUT2D eigenvalue weighted by Crippen LogP contribution is -2.38. The summed E-state index contributed by atoms with van der Waals surface area (Å²) in [6.45, 7) is 4.88. The molecule has 1 aromatic carbocycles. The van der Waals surface area contributed by atoms with Crippen LogP contribution in [0, 0.1) is 5.41 Å². The van der Waals surface area contributed by atoms with Crippen molar-refractivity contribution < 1.29 is 24.2 Å². The van der Waals surface area contributed by atoms with Gasteiger partial charge in [0.05, 0.1) is 12.0 Å². The molecule has 2 N–H and O–H groups in total. The van der Waals surface area contributed by atoms with Gasteiger partial charge >= 0.3 is 11.9 Å². The van der Waals surface area contributed by atoms with Gasteiger partial charge in [-0.05, 0) is 44.0 Å². The van der Waals surface area contributed by atoms with Crippen molar-refractivity contribution >= 4 is 23.5 Å². The molecule has 0 aromatic heterocycles. The molecule has 0 unspecified atom stereocenters. The zero-order valence-corrected chi connectivity index (χ0v) is 14.4. The Kier molecular flexibility index (Phi) is 4.41. The number of aliphatic carboxylic acids is 1. The number of fused-ring (bicyclic) bond motifs is 1. The van der Waals surface area contributed by atoms with Gasteiger partial charge in [-0.1, -0.05) is 0 Å². The minimum Gasteiger partial charge on any atom is -0.481 e. The summed E-state index contributed by atoms with van der Waals surface area (Å²) in [5.41, 5.74) is 1.63. The first-order valence-electron chi connectivity index (χ1n) is 8.37. The number of nitrogens with one attached hydrogen (secondary N) is 1. The number of rotatable bonds is 5. The molecule has 7 nitrogen and oxygen atoms in total. The van der Waals surface area contributed by atoms with E-state index < -0.39 is 23.4 Å². The van der Waals surface area contributed by atoms with Crippen LogP contribution >= 0.6 is 0 Å². The molecule has 1 amide bonds. The van der Waals surface area contributed by atoms with Gasteiger partial charge in [0, 0.05) is 30.8 Å². The number of anilines is 1. The fourth-order valence-electron chi connectivity index (χ4n) is 3.19. The Labute approximate surface area is 146 Å². The summed E-state index contributed by atoms with van der Waals surface area (Å²) in [5.74, 6) is -1.52. The highest BCUT2D eigenvalue weighted by molar-refractivity contribution is 5.97. The van der Waals surface area contributed by atoms with Crippen LogP contribution in [0.1, 0.15) is 36.2 Å². The van der Waals surface area contributed by atoms with Gasteiger partial charge in [-0.2, -0.15) is 0 Å². The zero-order chi connectivity index (χ0) is 18.2. The largest absolute Gasteiger partial charge is 0.481 e. The molecule has 0 radical (unpaired) electrons. The lowest BCUT2D eigenvalue weighted by Gasteiger charge is -2.28. The lowest BCUT2D eigenvalue weighted by molar-refractivity contribution is -0.146. The number of carbonyl (C=O) groups excluding carboxylic acids is 2. The van der Waals surface area contributed by atoms with E-state index in [2.05, 4.69) is 5.32 Å². The molecule has 3 rings (SSSR count). The van der Waals surface area contributed by atoms with Crippen LogP contribution in [0.4, 0.5) is 5.69 Å². The Morgan fingerprint density at radius 3 is 2.80 bits per heavy atom. The zero-order valence-electron chi connectivity index (χ0n) is 14.4. The average Bonchev–Trinajstić information content (AvgIpc) is 3.13. The number of ether oxygens (including phenoxy) is 1. The number of hydrogen-bond donors (Lipinski definition) is 2. The van der Waals surface area contributed by atoms with Crippen LogP contribution in [0.3, 0.4) is 0 Å². The molecule has 0 spiro atoms. The normalized spacial score (nSPS) is 19.5. The van der Waals surface area contributed by atoms with Crippen molar-refractivity contribution in [3.8, 4) is 0 Å². The number of cyclic esters (lactones) is 1. The summed E-state index contributed by atoms with van der Waals surface area (Å²) in [6, 6.07) is 4.80. The van der Waals surface area contributed by atoms with E-state index in [0.29, 0.717) is 25.1 Å². The summed E-state index contributed by atoms with van der Waals surface area (Å²) in [7, 11) is 0. The molecule has 2 aliphatic heterocycles. The molecule has 0 bridgehead atoms. The monoisotopic (exact) mass is 346 g/mol. The summed E-state index contributed by atoms with van der Waals surface area (Å²) < 4.78 is 4.85. The molecule has 25 heavy (non-hydrogen) atoms. The van der Waals surface area contributed by atoms with Crippen molar-refractivity contribution in [1.82, 2.24) is 5.32 Å². The van der Waals surface area contributed by atoms with E-state index in [4.69, 9.17) is 4.74 Å². The Balaban J connectivity index is 1.72. The van der Waals surface area contributed by atoms with Crippen LogP contribution in [0.5, 0.6) is 0 Å². The first-order chi connectivity index (χ1) is 11.8. The Hall–Kier alpha value is -2.57. The molecule has 134 valence electrons. The van der Waals surface area contributed by atoms with Gasteiger partial charge in [0.15, 0.2) is 0 Å². The van der Waals surface area contributed by atoms with Crippen LogP contribution in [-0.4, -0.2) is 48.7 Å². The number of amides is 1. The fraction of sp³-hybridized carbons (Fsp3) is 0.500. The van der Waals surface area contributed by atoms with E-state index in [1.54, 1.807) is 19.9 Å². The van der Waals surface area contributed by atoms with Crippen molar-refractivity contribution in [2.24, 2.45) is 5.41 Å². The van der Waals surface area contributed by atoms with E-state index in [0.717, 1.165) is 24.2 Å². The highest BCUT2D eigenvalue weighted by atomic mass is 16.5. The van der Waals surface area contributed by atoms with Crippen LogP contribution in [0.25, 0.3) is 0 Å². The number of carbonyl (C=O) groups is 3. The fourth-order valence-corrected chi connectivity index (χ4v) is 3.19. The highest BCUT2D eigenvalue weighted by Crippen LogP contribution is 2.32. The van der Waals surface area contributed by atoms with E-state index in [9.17, 15) is 19.5 Å². The maximum Gasteiger partial charge on any atom is 0.328 e. The van der Waals surface area contributed by atoms with Crippen molar-refractivity contribution in [2.75, 3.05) is 24.6 Å². The van der Waals surface area contributed by atoms with E-state index >= 15 is 0 Å². The summed E-state index contributed by atoms with van der Waals surface area (Å²) in [4.78, 5) is 37.2. The molecular weight excluding hydrogens is 324 g/mol. The molecular formula is C18H22N2O5. The van der Waals surface area contributed by atoms with Crippen molar-refractivity contribution in [3.05, 3.63) is 29.3 Å². The smallest absolute Gasteiger partial charge is 0.328 e. The minimum atomic E-state index is -0.847. The number of carboxylic acid groups (broad SMARTS) is 1. The third-order valence-corrected chi connectivity index (χ3v) is 4.74. The van der Waals surface area contributed by atoms with Crippen LogP contribution < -0.4 is 10.2 Å². The van der Waals surface area contributed by atoms with Crippen LogP contribution in [0.15, 0.2) is 18.2 Å². The molecule has 1 saturated heterocycles. The predicted octanol–water partition coefficient (Wildman–Crippen LogP) is 1.21. The lowest BCUT2D eigenvalue weighted by atomic mass is 9.93. The number of esters is 1. The molecule has 1 fully saturated rings. The van der Waals surface area contributed by atoms with E-state index in [1.165, 1.54) is 0 Å². The van der Waals surface area contributed by atoms with Gasteiger partial charge in [0.25, 0.3) is 5.91 Å². The van der Waals surface area contributed by atoms with Gasteiger partial charge in [0.1, 0.15) is 6.04 Å². The van der Waals surface area contributed by atoms with E-state index in [1.807, 2.05) is 17.0 Å². The van der Waals surface area contributed by atoms with Gasteiger partial charge in [0.2, 0.25) is 0 Å². The third-order valence-electron chi connectivity index (χ3n) is 4.74. The quantitative estimate of drug-likeness (QED) is 0.778. The second-order valence-corrected chi connectivity index (χ2v) is 7.19. The average molecular weight is 346 g/mol. The summed E-state index contributed by atoms with van der Waals surface area (Å²) >= 11 is 0. The van der Waals surface area contributed by atoms with Crippen molar-refractivity contribution in [2.45, 2.75) is 32.7 Å². The van der Waals surface area contributed by atoms with Gasteiger partial charge in [-0.25, -0.2) is 4.79 Å². The second-order valence-electron chi connectivity index (χ2n) is 7.19. The minimum absolute atomic E-state index is 0.295. The third kappa shape index (κ3) is 3.45. The Bertz CT molecular complexity index is 728. The molecule has 7 heteroatoms. The van der Waals surface area contributed by atoms with Gasteiger partial charge in [-0.15, -0.1) is 0 Å². The molecule has 2 aliphatic rings. The maximum atomic E-state index is 12.3. The highest BCUT2D eigenvalue weighted by Gasteiger charge is 2.33. The molecule has 0 aliphatic carbocycles. The standard InChI is InChI=1S/C18H22N2O5/c1-18(2,17(23)24)10-20-7-5-11-9-12(3-4-14(11)20)15(21)19-13-6-8-25-16(13)22/h3-4,9,13H,5-8,10H2,1-2H3,(H,19,21)(H,23,24)/t13-/m0/s1. The number of nitrogens with zero attached hydrogens (tertiary/aromatic N) is 1. The summed E-state index contributed by atoms with van der Waals surface area (Å²) in [5, 5.41) is 12.0. The van der Waals surface area contributed by atoms with Gasteiger partial charge in [-0.3, -0.25) is 9.59 Å². The Morgan fingerprint density at radius 1 is 1.40 bits per heavy atom. The predicted molar refractivity (Wildman–Crippen MR) is 90.6 cm³/mol. The molecule has 2 heterocycles. The molecule has 1 aromatic rings. The van der Waals surface area contributed by atoms with Gasteiger partial charge < -0.3 is 20.1 Å². The Morgan fingerprint density at radius 2 is 2.16 bits per heavy atom. The topological polar surface area (TPSA) is 95.9 Å². The summed E-state index contributed by atoms with van der Waals surface area (Å²) in [6.07, 6.45) is 1.26. The number of benzene rings is 1.